The third-order valence-electron chi connectivity index (χ3n) is 3.35. The minimum atomic E-state index is -0.271. The van der Waals surface area contributed by atoms with Gasteiger partial charge in [-0.2, -0.15) is 0 Å². The second-order valence-electron chi connectivity index (χ2n) is 4.14. The molecule has 13 heavy (non-hydrogen) atoms. The predicted molar refractivity (Wildman–Crippen MR) is 50.3 cm³/mol. The Morgan fingerprint density at radius 3 is 2.77 bits per heavy atom. The van der Waals surface area contributed by atoms with Gasteiger partial charge in [-0.3, -0.25) is 0 Å². The first-order valence-electron chi connectivity index (χ1n) is 5.13. The van der Waals surface area contributed by atoms with Crippen molar-refractivity contribution in [3.05, 3.63) is 11.1 Å². The molecule has 2 rings (SSSR count). The minimum Gasteiger partial charge on any atom is -0.451 e. The number of ether oxygens (including phenoxy) is 1. The molecule has 1 aliphatic heterocycles. The summed E-state index contributed by atoms with van der Waals surface area (Å²) in [4.78, 5) is 11.5. The van der Waals surface area contributed by atoms with Gasteiger partial charge in [0.1, 0.15) is 5.60 Å². The van der Waals surface area contributed by atoms with Crippen molar-refractivity contribution in [2.75, 3.05) is 0 Å². The van der Waals surface area contributed by atoms with E-state index in [2.05, 4.69) is 6.92 Å². The predicted octanol–water partition coefficient (Wildman–Crippen LogP) is 2.58. The van der Waals surface area contributed by atoms with Crippen LogP contribution in [0.25, 0.3) is 0 Å². The molecule has 0 aromatic rings. The Morgan fingerprint density at radius 1 is 1.38 bits per heavy atom. The molecule has 0 saturated heterocycles. The second kappa shape index (κ2) is 2.86. The molecule has 0 saturated carbocycles. The summed E-state index contributed by atoms with van der Waals surface area (Å²) in [7, 11) is 0. The molecule has 1 aliphatic carbocycles. The first-order chi connectivity index (χ1) is 6.17. The van der Waals surface area contributed by atoms with Crippen molar-refractivity contribution in [2.45, 2.75) is 51.6 Å². The van der Waals surface area contributed by atoms with Crippen LogP contribution < -0.4 is 0 Å². The van der Waals surface area contributed by atoms with Gasteiger partial charge in [-0.05, 0) is 44.6 Å². The van der Waals surface area contributed by atoms with E-state index in [4.69, 9.17) is 4.74 Å². The van der Waals surface area contributed by atoms with Gasteiger partial charge in [0.05, 0.1) is 0 Å². The van der Waals surface area contributed by atoms with Gasteiger partial charge < -0.3 is 4.74 Å². The Balaban J connectivity index is 2.38. The Morgan fingerprint density at radius 2 is 2.08 bits per heavy atom. The highest BCUT2D eigenvalue weighted by atomic mass is 16.6. The average Bonchev–Trinajstić information content (AvgIpc) is 2.42. The summed E-state index contributed by atoms with van der Waals surface area (Å²) in [5.74, 6) is -0.0564. The molecule has 1 atom stereocenters. The smallest absolute Gasteiger partial charge is 0.334 e. The van der Waals surface area contributed by atoms with E-state index in [1.807, 2.05) is 6.92 Å². The van der Waals surface area contributed by atoms with Crippen molar-refractivity contribution >= 4 is 5.97 Å². The van der Waals surface area contributed by atoms with Gasteiger partial charge in [0.15, 0.2) is 0 Å². The van der Waals surface area contributed by atoms with Gasteiger partial charge in [-0.1, -0.05) is 6.92 Å². The van der Waals surface area contributed by atoms with Gasteiger partial charge in [-0.15, -0.1) is 0 Å². The minimum absolute atomic E-state index is 0.0564. The van der Waals surface area contributed by atoms with E-state index in [9.17, 15) is 4.79 Å². The van der Waals surface area contributed by atoms with E-state index in [-0.39, 0.29) is 11.6 Å². The summed E-state index contributed by atoms with van der Waals surface area (Å²) in [6.07, 6.45) is 5.26. The number of esters is 1. The number of hydrogen-bond acceptors (Lipinski definition) is 2. The maximum Gasteiger partial charge on any atom is 0.334 e. The molecule has 72 valence electrons. The Hall–Kier alpha value is -0.790. The third-order valence-corrected chi connectivity index (χ3v) is 3.35. The number of carbonyl (C=O) groups is 1. The van der Waals surface area contributed by atoms with Crippen molar-refractivity contribution in [2.24, 2.45) is 0 Å². The molecule has 0 spiro atoms. The highest BCUT2D eigenvalue weighted by molar-refractivity contribution is 5.93. The van der Waals surface area contributed by atoms with Crippen LogP contribution in [0.2, 0.25) is 0 Å². The number of carbonyl (C=O) groups excluding carboxylic acids is 1. The van der Waals surface area contributed by atoms with Crippen LogP contribution in [-0.2, 0) is 9.53 Å². The first-order valence-corrected chi connectivity index (χ1v) is 5.13. The molecule has 0 fully saturated rings. The topological polar surface area (TPSA) is 26.3 Å². The lowest BCUT2D eigenvalue weighted by molar-refractivity contribution is -0.146. The van der Waals surface area contributed by atoms with E-state index >= 15 is 0 Å². The van der Waals surface area contributed by atoms with Crippen molar-refractivity contribution < 1.29 is 9.53 Å². The Bertz CT molecular complexity index is 278. The van der Waals surface area contributed by atoms with Crippen molar-refractivity contribution in [1.82, 2.24) is 0 Å². The van der Waals surface area contributed by atoms with Crippen LogP contribution in [0, 0.1) is 0 Å². The van der Waals surface area contributed by atoms with Crippen LogP contribution >= 0.6 is 0 Å². The van der Waals surface area contributed by atoms with Crippen LogP contribution in [-0.4, -0.2) is 11.6 Å². The first kappa shape index (κ1) is 8.79. The molecule has 0 N–H and O–H groups in total. The molecule has 0 radical (unpaired) electrons. The molecule has 1 heterocycles. The van der Waals surface area contributed by atoms with Crippen molar-refractivity contribution in [1.29, 1.82) is 0 Å². The average molecular weight is 180 g/mol. The molecule has 0 bridgehead atoms. The largest absolute Gasteiger partial charge is 0.451 e. The van der Waals surface area contributed by atoms with E-state index in [1.165, 1.54) is 12.0 Å². The Labute approximate surface area is 79.0 Å². The molecular weight excluding hydrogens is 164 g/mol. The maximum absolute atomic E-state index is 11.5. The summed E-state index contributed by atoms with van der Waals surface area (Å²) in [5, 5.41) is 0. The maximum atomic E-state index is 11.5. The molecule has 1 unspecified atom stereocenters. The fraction of sp³-hybridized carbons (Fsp3) is 0.727. The van der Waals surface area contributed by atoms with Crippen molar-refractivity contribution in [3.8, 4) is 0 Å². The third kappa shape index (κ3) is 1.19. The zero-order valence-corrected chi connectivity index (χ0v) is 8.35. The fourth-order valence-corrected chi connectivity index (χ4v) is 2.33. The van der Waals surface area contributed by atoms with Gasteiger partial charge in [-0.25, -0.2) is 4.79 Å². The molecule has 0 aromatic carbocycles. The lowest BCUT2D eigenvalue weighted by atomic mass is 9.83. The van der Waals surface area contributed by atoms with Gasteiger partial charge >= 0.3 is 5.97 Å². The Kier molecular flexibility index (Phi) is 1.94. The molecule has 0 amide bonds. The summed E-state index contributed by atoms with van der Waals surface area (Å²) in [6.45, 7) is 4.12. The monoisotopic (exact) mass is 180 g/mol. The van der Waals surface area contributed by atoms with Crippen LogP contribution in [0.3, 0.4) is 0 Å². The molecular formula is C11H16O2. The molecule has 2 aliphatic rings. The summed E-state index contributed by atoms with van der Waals surface area (Å²) in [6, 6.07) is 0. The van der Waals surface area contributed by atoms with E-state index in [0.29, 0.717) is 0 Å². The van der Waals surface area contributed by atoms with Crippen LogP contribution in [0.5, 0.6) is 0 Å². The second-order valence-corrected chi connectivity index (χ2v) is 4.14. The van der Waals surface area contributed by atoms with E-state index in [0.717, 1.165) is 31.3 Å². The lowest BCUT2D eigenvalue weighted by Crippen LogP contribution is -2.27. The van der Waals surface area contributed by atoms with Gasteiger partial charge in [0.2, 0.25) is 0 Å². The molecule has 2 heteroatoms. The summed E-state index contributed by atoms with van der Waals surface area (Å²) >= 11 is 0. The van der Waals surface area contributed by atoms with Crippen LogP contribution in [0.15, 0.2) is 11.1 Å². The molecule has 2 nitrogen and oxygen atoms in total. The normalized spacial score (nSPS) is 33.2. The van der Waals surface area contributed by atoms with Gasteiger partial charge in [0, 0.05) is 5.57 Å². The number of hydrogen-bond donors (Lipinski definition) is 0. The van der Waals surface area contributed by atoms with E-state index in [1.54, 1.807) is 0 Å². The SMILES string of the molecule is CCC1(C)OC(=O)C2=C1CCCC2. The molecule has 0 aromatic heterocycles. The zero-order chi connectivity index (χ0) is 9.47. The summed E-state index contributed by atoms with van der Waals surface area (Å²) in [5.41, 5.74) is 1.99. The highest BCUT2D eigenvalue weighted by Gasteiger charge is 2.42. The van der Waals surface area contributed by atoms with Crippen LogP contribution in [0.1, 0.15) is 46.0 Å². The number of rotatable bonds is 1. The number of cyclic esters (lactones) is 1. The van der Waals surface area contributed by atoms with Crippen molar-refractivity contribution in [3.63, 3.8) is 0 Å². The fourth-order valence-electron chi connectivity index (χ4n) is 2.33. The van der Waals surface area contributed by atoms with Gasteiger partial charge in [0.25, 0.3) is 0 Å². The van der Waals surface area contributed by atoms with E-state index < -0.39 is 0 Å². The quantitative estimate of drug-likeness (QED) is 0.580. The standard InChI is InChI=1S/C11H16O2/c1-3-11(2)9-7-5-4-6-8(9)10(12)13-11/h3-7H2,1-2H3. The lowest BCUT2D eigenvalue weighted by Gasteiger charge is -2.26. The van der Waals surface area contributed by atoms with Crippen LogP contribution in [0.4, 0.5) is 0 Å². The highest BCUT2D eigenvalue weighted by Crippen LogP contribution is 2.42. The zero-order valence-electron chi connectivity index (χ0n) is 8.35. The summed E-state index contributed by atoms with van der Waals surface area (Å²) < 4.78 is 5.43.